The first-order valence-electron chi connectivity index (χ1n) is 6.67. The molecule has 106 valence electrons. The number of hydrogen-bond donors (Lipinski definition) is 1. The molecule has 1 N–H and O–H groups in total. The molecule has 0 bridgehead atoms. The maximum atomic E-state index is 12.5. The van der Waals surface area contributed by atoms with Crippen LogP contribution in [0.2, 0.25) is 0 Å². The fourth-order valence-corrected chi connectivity index (χ4v) is 2.21. The van der Waals surface area contributed by atoms with Crippen molar-refractivity contribution >= 4 is 5.82 Å². The molecule has 2 rings (SSSR count). The van der Waals surface area contributed by atoms with Gasteiger partial charge < -0.3 is 10.2 Å². The first-order chi connectivity index (χ1) is 8.97. The van der Waals surface area contributed by atoms with Gasteiger partial charge in [-0.2, -0.15) is 0 Å². The van der Waals surface area contributed by atoms with Gasteiger partial charge in [0.05, 0.1) is 6.54 Å². The zero-order valence-electron chi connectivity index (χ0n) is 11.7. The molecule has 1 saturated carbocycles. The summed E-state index contributed by atoms with van der Waals surface area (Å²) in [5.41, 5.74) is 3.00. The monoisotopic (exact) mass is 269 g/mol. The number of halogens is 2. The summed E-state index contributed by atoms with van der Waals surface area (Å²) in [6.07, 6.45) is 0.0676. The van der Waals surface area contributed by atoms with Gasteiger partial charge in [0.1, 0.15) is 5.82 Å². The first-order valence-corrected chi connectivity index (χ1v) is 6.67. The maximum Gasteiger partial charge on any atom is 0.255 e. The highest BCUT2D eigenvalue weighted by atomic mass is 19.3. The van der Waals surface area contributed by atoms with Gasteiger partial charge in [-0.1, -0.05) is 0 Å². The third-order valence-corrected chi connectivity index (χ3v) is 3.37. The summed E-state index contributed by atoms with van der Waals surface area (Å²) in [6, 6.07) is 2.60. The summed E-state index contributed by atoms with van der Waals surface area (Å²) in [5, 5.41) is 3.43. The SMILES string of the molecule is Cc1cc(C)c(CNC2CC2)c(N(C)CC(F)F)n1. The number of rotatable bonds is 6. The predicted octanol–water partition coefficient (Wildman–Crippen LogP) is 2.65. The minimum atomic E-state index is -2.35. The Labute approximate surface area is 113 Å². The highest BCUT2D eigenvalue weighted by molar-refractivity contribution is 5.51. The van der Waals surface area contributed by atoms with E-state index >= 15 is 0 Å². The van der Waals surface area contributed by atoms with E-state index in [-0.39, 0.29) is 6.54 Å². The van der Waals surface area contributed by atoms with Gasteiger partial charge in [-0.15, -0.1) is 0 Å². The fraction of sp³-hybridized carbons (Fsp3) is 0.643. The van der Waals surface area contributed by atoms with Crippen LogP contribution in [0.1, 0.15) is 29.7 Å². The predicted molar refractivity (Wildman–Crippen MR) is 72.8 cm³/mol. The van der Waals surface area contributed by atoms with Crippen molar-refractivity contribution in [3.8, 4) is 0 Å². The van der Waals surface area contributed by atoms with Crippen LogP contribution in [0.5, 0.6) is 0 Å². The standard InChI is InChI=1S/C14H21F2N3/c1-9-6-10(2)18-14(19(3)8-13(15)16)12(9)7-17-11-4-5-11/h6,11,13,17H,4-5,7-8H2,1-3H3. The molecule has 0 saturated heterocycles. The van der Waals surface area contributed by atoms with Crippen LogP contribution in [0.4, 0.5) is 14.6 Å². The average molecular weight is 269 g/mol. The minimum absolute atomic E-state index is 0.285. The molecule has 1 aliphatic rings. The summed E-state index contributed by atoms with van der Waals surface area (Å²) >= 11 is 0. The zero-order chi connectivity index (χ0) is 14.0. The minimum Gasteiger partial charge on any atom is -0.354 e. The Morgan fingerprint density at radius 3 is 2.68 bits per heavy atom. The average Bonchev–Trinajstić information content (AvgIpc) is 3.09. The Bertz CT molecular complexity index is 445. The van der Waals surface area contributed by atoms with E-state index in [2.05, 4.69) is 10.3 Å². The van der Waals surface area contributed by atoms with E-state index in [1.54, 1.807) is 11.9 Å². The van der Waals surface area contributed by atoms with E-state index in [4.69, 9.17) is 0 Å². The molecular weight excluding hydrogens is 248 g/mol. The van der Waals surface area contributed by atoms with E-state index in [1.165, 1.54) is 12.8 Å². The molecule has 1 heterocycles. The van der Waals surface area contributed by atoms with Crippen molar-refractivity contribution in [3.05, 3.63) is 22.9 Å². The molecule has 1 aromatic rings. The van der Waals surface area contributed by atoms with Crippen LogP contribution in [0.25, 0.3) is 0 Å². The van der Waals surface area contributed by atoms with Crippen molar-refractivity contribution in [1.82, 2.24) is 10.3 Å². The molecule has 0 atom stereocenters. The summed E-state index contributed by atoms with van der Waals surface area (Å²) in [5.74, 6) is 0.672. The van der Waals surface area contributed by atoms with Crippen molar-refractivity contribution in [2.45, 2.75) is 45.7 Å². The molecule has 1 aromatic heterocycles. The van der Waals surface area contributed by atoms with Gasteiger partial charge in [0.15, 0.2) is 0 Å². The van der Waals surface area contributed by atoms with Gasteiger partial charge in [0.2, 0.25) is 0 Å². The topological polar surface area (TPSA) is 28.2 Å². The quantitative estimate of drug-likeness (QED) is 0.860. The van der Waals surface area contributed by atoms with Gasteiger partial charge in [-0.05, 0) is 38.3 Å². The lowest BCUT2D eigenvalue weighted by Crippen LogP contribution is -2.28. The third kappa shape index (κ3) is 3.86. The number of nitrogens with one attached hydrogen (secondary N) is 1. The molecule has 1 aliphatic carbocycles. The summed E-state index contributed by atoms with van der Waals surface area (Å²) in [6.45, 7) is 4.32. The molecule has 0 unspecified atom stereocenters. The van der Waals surface area contributed by atoms with Crippen LogP contribution in [0.3, 0.4) is 0 Å². The van der Waals surface area contributed by atoms with E-state index < -0.39 is 6.43 Å². The van der Waals surface area contributed by atoms with Crippen LogP contribution < -0.4 is 10.2 Å². The Morgan fingerprint density at radius 1 is 1.42 bits per heavy atom. The largest absolute Gasteiger partial charge is 0.354 e. The number of aromatic nitrogens is 1. The van der Waals surface area contributed by atoms with Crippen LogP contribution in [0, 0.1) is 13.8 Å². The lowest BCUT2D eigenvalue weighted by Gasteiger charge is -2.23. The molecule has 5 heteroatoms. The molecule has 19 heavy (non-hydrogen) atoms. The van der Waals surface area contributed by atoms with Crippen LogP contribution in [-0.4, -0.2) is 31.0 Å². The maximum absolute atomic E-state index is 12.5. The lowest BCUT2D eigenvalue weighted by atomic mass is 10.1. The lowest BCUT2D eigenvalue weighted by molar-refractivity contribution is 0.156. The first kappa shape index (κ1) is 14.2. The molecule has 0 radical (unpaired) electrons. The Balaban J connectivity index is 2.21. The van der Waals surface area contributed by atoms with Crippen molar-refractivity contribution in [3.63, 3.8) is 0 Å². The van der Waals surface area contributed by atoms with Gasteiger partial charge in [-0.25, -0.2) is 13.8 Å². The molecule has 0 spiro atoms. The Kier molecular flexibility index (Phi) is 4.34. The summed E-state index contributed by atoms with van der Waals surface area (Å²) < 4.78 is 25.1. The number of anilines is 1. The number of alkyl halides is 2. The van der Waals surface area contributed by atoms with Gasteiger partial charge in [0.25, 0.3) is 6.43 Å². The molecule has 0 aromatic carbocycles. The van der Waals surface area contributed by atoms with E-state index in [9.17, 15) is 8.78 Å². The van der Waals surface area contributed by atoms with Gasteiger partial charge in [-0.3, -0.25) is 0 Å². The Morgan fingerprint density at radius 2 is 2.11 bits per heavy atom. The van der Waals surface area contributed by atoms with Crippen LogP contribution >= 0.6 is 0 Å². The molecular formula is C14H21F2N3. The number of nitrogens with zero attached hydrogens (tertiary/aromatic N) is 2. The van der Waals surface area contributed by atoms with E-state index in [1.807, 2.05) is 19.9 Å². The number of hydrogen-bond acceptors (Lipinski definition) is 3. The van der Waals surface area contributed by atoms with E-state index in [0.29, 0.717) is 18.4 Å². The third-order valence-electron chi connectivity index (χ3n) is 3.37. The van der Waals surface area contributed by atoms with Crippen molar-refractivity contribution < 1.29 is 8.78 Å². The smallest absolute Gasteiger partial charge is 0.255 e. The van der Waals surface area contributed by atoms with Gasteiger partial charge in [0, 0.05) is 30.9 Å². The van der Waals surface area contributed by atoms with E-state index in [0.717, 1.165) is 16.8 Å². The second-order valence-corrected chi connectivity index (χ2v) is 5.31. The molecule has 0 amide bonds. The van der Waals surface area contributed by atoms with Gasteiger partial charge >= 0.3 is 0 Å². The number of aryl methyl sites for hydroxylation is 2. The van der Waals surface area contributed by atoms with Crippen molar-refractivity contribution in [1.29, 1.82) is 0 Å². The van der Waals surface area contributed by atoms with Crippen molar-refractivity contribution in [2.75, 3.05) is 18.5 Å². The highest BCUT2D eigenvalue weighted by Crippen LogP contribution is 2.25. The van der Waals surface area contributed by atoms with Crippen LogP contribution in [-0.2, 0) is 6.54 Å². The molecule has 1 fully saturated rings. The highest BCUT2D eigenvalue weighted by Gasteiger charge is 2.22. The second-order valence-electron chi connectivity index (χ2n) is 5.31. The second kappa shape index (κ2) is 5.82. The molecule has 3 nitrogen and oxygen atoms in total. The Hall–Kier alpha value is -1.23. The zero-order valence-corrected chi connectivity index (χ0v) is 11.7. The number of pyridine rings is 1. The summed E-state index contributed by atoms with van der Waals surface area (Å²) in [7, 11) is 1.67. The fourth-order valence-electron chi connectivity index (χ4n) is 2.21. The van der Waals surface area contributed by atoms with Crippen molar-refractivity contribution in [2.24, 2.45) is 0 Å². The normalized spacial score (nSPS) is 15.1. The van der Waals surface area contributed by atoms with Crippen LogP contribution in [0.15, 0.2) is 6.07 Å². The molecule has 0 aliphatic heterocycles. The summed E-state index contributed by atoms with van der Waals surface area (Å²) in [4.78, 5) is 5.99.